The maximum atomic E-state index is 3.60. The molecule has 6 heavy (non-hydrogen) atoms. The number of rotatable bonds is 0. The van der Waals surface area contributed by atoms with Crippen LogP contribution in [0.2, 0.25) is 0 Å². The molecule has 0 saturated heterocycles. The Morgan fingerprint density at radius 3 is 2.50 bits per heavy atom. The molecule has 1 aromatic rings. The van der Waals surface area contributed by atoms with E-state index in [1.54, 1.807) is 12.4 Å². The smallest absolute Gasteiger partial charge is 0.0487 e. The molecule has 0 fully saturated rings. The molecule has 1 N–H and O–H groups in total. The van der Waals surface area contributed by atoms with Crippen LogP contribution in [0.3, 0.4) is 0 Å². The Kier molecular flexibility index (Phi) is 2.13. The Balaban J connectivity index is 0.000000250. The highest BCUT2D eigenvalue weighted by atomic mass is 15.1. The molecule has 1 heterocycles. The Morgan fingerprint density at radius 1 is 1.50 bits per heavy atom. The number of nitrogens with zero attached hydrogens (tertiary/aromatic N) is 1. The summed E-state index contributed by atoms with van der Waals surface area (Å²) in [5.74, 6) is 0. The molecule has 0 aliphatic carbocycles. The number of nitrogens with one attached hydrogen (secondary N) is 1. The van der Waals surface area contributed by atoms with E-state index in [-0.39, 0.29) is 7.43 Å². The minimum atomic E-state index is 0. The summed E-state index contributed by atoms with van der Waals surface area (Å²) in [7, 11) is 0. The van der Waals surface area contributed by atoms with Gasteiger partial charge in [0.1, 0.15) is 0 Å². The van der Waals surface area contributed by atoms with Crippen molar-refractivity contribution < 1.29 is 0 Å². The number of aromatic nitrogens is 2. The lowest BCUT2D eigenvalue weighted by Gasteiger charge is -1.49. The van der Waals surface area contributed by atoms with E-state index < -0.39 is 0 Å². The fraction of sp³-hybridized carbons (Fsp3) is 0. The molecule has 0 aromatic carbocycles. The topological polar surface area (TPSA) is 28.7 Å². The second kappa shape index (κ2) is 2.45. The molecule has 2 heteroatoms. The number of aromatic amines is 1. The van der Waals surface area contributed by atoms with Crippen LogP contribution in [-0.4, -0.2) is 10.2 Å². The zero-order valence-corrected chi connectivity index (χ0v) is 3.18. The van der Waals surface area contributed by atoms with Crippen LogP contribution in [0.25, 0.3) is 0 Å². The summed E-state index contributed by atoms with van der Waals surface area (Å²) in [4.78, 5) is 0. The molecule has 0 amide bonds. The molecule has 1 rings (SSSR count). The van der Waals surface area contributed by atoms with Gasteiger partial charge in [0.05, 0.1) is 0 Å². The van der Waals surface area contributed by atoms with E-state index in [1.807, 2.05) is 6.07 Å². The molecule has 0 aliphatic rings. The number of hydrogen-bond acceptors (Lipinski definition) is 1. The summed E-state index contributed by atoms with van der Waals surface area (Å²) in [6, 6.07) is 1.83. The fourth-order valence-corrected chi connectivity index (χ4v) is 0.215. The van der Waals surface area contributed by atoms with Crippen LogP contribution in [0.5, 0.6) is 0 Å². The number of hydrogen-bond donors (Lipinski definition) is 1. The normalized spacial score (nSPS) is 6.67. The van der Waals surface area contributed by atoms with Crippen LogP contribution in [0.1, 0.15) is 0 Å². The van der Waals surface area contributed by atoms with Crippen LogP contribution >= 0.6 is 0 Å². The van der Waals surface area contributed by atoms with Crippen molar-refractivity contribution in [2.45, 2.75) is 0 Å². The second-order valence-electron chi connectivity index (χ2n) is 0.766. The van der Waals surface area contributed by atoms with Crippen LogP contribution in [0.4, 0.5) is 0 Å². The van der Waals surface area contributed by atoms with Crippen LogP contribution < -0.4 is 0 Å². The lowest BCUT2D eigenvalue weighted by atomic mass is 10.8. The minimum absolute atomic E-state index is 0. The highest BCUT2D eigenvalue weighted by Gasteiger charge is 1.56. The van der Waals surface area contributed by atoms with Gasteiger partial charge in [-0.2, -0.15) is 5.10 Å². The van der Waals surface area contributed by atoms with Gasteiger partial charge in [0, 0.05) is 19.8 Å². The monoisotopic (exact) mass is 80.0 g/mol. The Bertz CT molecular complexity index is 62.0. The van der Waals surface area contributed by atoms with Gasteiger partial charge < -0.3 is 0 Å². The SMILES string of the molecule is [C].c1cn[nH]c1. The van der Waals surface area contributed by atoms with E-state index in [1.165, 1.54) is 0 Å². The van der Waals surface area contributed by atoms with Gasteiger partial charge in [-0.15, -0.1) is 0 Å². The van der Waals surface area contributed by atoms with Crippen LogP contribution in [0.15, 0.2) is 18.5 Å². The first-order valence-corrected chi connectivity index (χ1v) is 1.44. The molecule has 30 valence electrons. The summed E-state index contributed by atoms with van der Waals surface area (Å²) < 4.78 is 0. The summed E-state index contributed by atoms with van der Waals surface area (Å²) in [6.07, 6.45) is 3.46. The predicted octanol–water partition coefficient (Wildman–Crippen LogP) is 0.491. The van der Waals surface area contributed by atoms with Gasteiger partial charge in [0.2, 0.25) is 0 Å². The molecule has 4 radical (unpaired) electrons. The van der Waals surface area contributed by atoms with E-state index in [0.717, 1.165) is 0 Å². The van der Waals surface area contributed by atoms with Crippen molar-refractivity contribution in [3.8, 4) is 0 Å². The van der Waals surface area contributed by atoms with Crippen molar-refractivity contribution in [1.82, 2.24) is 10.2 Å². The molecule has 0 bridgehead atoms. The third-order valence-corrected chi connectivity index (χ3v) is 0.406. The summed E-state index contributed by atoms with van der Waals surface area (Å²) in [6.45, 7) is 0. The van der Waals surface area contributed by atoms with Gasteiger partial charge in [-0.25, -0.2) is 0 Å². The second-order valence-corrected chi connectivity index (χ2v) is 0.766. The summed E-state index contributed by atoms with van der Waals surface area (Å²) in [5, 5.41) is 6.21. The zero-order chi connectivity index (χ0) is 3.54. The van der Waals surface area contributed by atoms with E-state index in [9.17, 15) is 0 Å². The van der Waals surface area contributed by atoms with E-state index in [0.29, 0.717) is 0 Å². The first kappa shape index (κ1) is 5.21. The number of H-pyrrole nitrogens is 1. The summed E-state index contributed by atoms with van der Waals surface area (Å²) >= 11 is 0. The predicted molar refractivity (Wildman–Crippen MR) is 21.8 cm³/mol. The quantitative estimate of drug-likeness (QED) is 0.482. The van der Waals surface area contributed by atoms with E-state index in [2.05, 4.69) is 10.2 Å². The maximum absolute atomic E-state index is 3.60. The van der Waals surface area contributed by atoms with Crippen molar-refractivity contribution in [2.75, 3.05) is 0 Å². The molecular weight excluding hydrogens is 76.1 g/mol. The molecule has 0 unspecified atom stereocenters. The lowest BCUT2D eigenvalue weighted by Crippen LogP contribution is -1.53. The maximum Gasteiger partial charge on any atom is 0.0487 e. The Hall–Kier alpha value is -0.790. The standard InChI is InChI=1S/C3H4N2.C/c1-2-4-5-3-1;/h1-3H,(H,4,5);. The Labute approximate surface area is 37.2 Å². The molecule has 0 spiro atoms. The lowest BCUT2D eigenvalue weighted by molar-refractivity contribution is 1.09. The van der Waals surface area contributed by atoms with Crippen molar-refractivity contribution in [3.05, 3.63) is 25.9 Å². The first-order valence-electron chi connectivity index (χ1n) is 1.44. The van der Waals surface area contributed by atoms with Crippen molar-refractivity contribution in [1.29, 1.82) is 0 Å². The molecule has 0 atom stereocenters. The van der Waals surface area contributed by atoms with Crippen molar-refractivity contribution in [3.63, 3.8) is 0 Å². The highest BCUT2D eigenvalue weighted by Crippen LogP contribution is 1.64. The van der Waals surface area contributed by atoms with Crippen LogP contribution in [0, 0.1) is 7.43 Å². The molecule has 1 aromatic heterocycles. The fourth-order valence-electron chi connectivity index (χ4n) is 0.215. The average molecular weight is 80.1 g/mol. The van der Waals surface area contributed by atoms with Crippen molar-refractivity contribution in [2.24, 2.45) is 0 Å². The molecule has 2 nitrogen and oxygen atoms in total. The zero-order valence-electron chi connectivity index (χ0n) is 3.18. The van der Waals surface area contributed by atoms with E-state index >= 15 is 0 Å². The first-order chi connectivity index (χ1) is 2.50. The van der Waals surface area contributed by atoms with Crippen molar-refractivity contribution >= 4 is 0 Å². The summed E-state index contributed by atoms with van der Waals surface area (Å²) in [5.41, 5.74) is 0. The van der Waals surface area contributed by atoms with E-state index in [4.69, 9.17) is 0 Å². The molecule has 0 saturated carbocycles. The van der Waals surface area contributed by atoms with Gasteiger partial charge in [0.15, 0.2) is 0 Å². The largest absolute Gasteiger partial charge is 0.286 e. The van der Waals surface area contributed by atoms with Gasteiger partial charge in [-0.3, -0.25) is 5.10 Å². The Morgan fingerprint density at radius 2 is 2.33 bits per heavy atom. The van der Waals surface area contributed by atoms with Gasteiger partial charge >= 0.3 is 0 Å². The highest BCUT2D eigenvalue weighted by molar-refractivity contribution is 4.72. The van der Waals surface area contributed by atoms with Crippen LogP contribution in [-0.2, 0) is 0 Å². The average Bonchev–Trinajstić information content (AvgIpc) is 1.76. The molecular formula is C4H4N2. The van der Waals surface area contributed by atoms with Gasteiger partial charge in [0.25, 0.3) is 0 Å². The van der Waals surface area contributed by atoms with Gasteiger partial charge in [-0.05, 0) is 6.07 Å². The van der Waals surface area contributed by atoms with Gasteiger partial charge in [-0.1, -0.05) is 0 Å². The third kappa shape index (κ3) is 0.885. The third-order valence-electron chi connectivity index (χ3n) is 0.406. The minimum Gasteiger partial charge on any atom is -0.286 e. The molecule has 0 aliphatic heterocycles.